The zero-order valence-electron chi connectivity index (χ0n) is 19.1. The molecular formula is C25H32ClFN2O3. The van der Waals surface area contributed by atoms with Crippen LogP contribution in [0.2, 0.25) is 5.02 Å². The summed E-state index contributed by atoms with van der Waals surface area (Å²) < 4.78 is 20.1. The lowest BCUT2D eigenvalue weighted by atomic mass is 9.69. The topological polar surface area (TPSA) is 49.9 Å². The fourth-order valence-electron chi connectivity index (χ4n) is 5.82. The van der Waals surface area contributed by atoms with Crippen LogP contribution < -0.4 is 0 Å². The van der Waals surface area contributed by atoms with Gasteiger partial charge in [0.25, 0.3) is 0 Å². The third kappa shape index (κ3) is 4.32. The summed E-state index contributed by atoms with van der Waals surface area (Å²) in [7, 11) is 0. The first-order valence-electron chi connectivity index (χ1n) is 11.3. The van der Waals surface area contributed by atoms with Gasteiger partial charge in [-0.3, -0.25) is 9.59 Å². The van der Waals surface area contributed by atoms with Crippen LogP contribution >= 0.6 is 11.6 Å². The van der Waals surface area contributed by atoms with Gasteiger partial charge in [0.1, 0.15) is 5.82 Å². The lowest BCUT2D eigenvalue weighted by Gasteiger charge is -2.56. The Morgan fingerprint density at radius 1 is 1.28 bits per heavy atom. The number of piperidine rings is 1. The summed E-state index contributed by atoms with van der Waals surface area (Å²) >= 11 is 6.45. The Morgan fingerprint density at radius 2 is 2.00 bits per heavy atom. The summed E-state index contributed by atoms with van der Waals surface area (Å²) in [5.74, 6) is -0.942. The van der Waals surface area contributed by atoms with Crippen molar-refractivity contribution in [2.24, 2.45) is 11.3 Å². The zero-order valence-corrected chi connectivity index (χ0v) is 19.8. The Bertz CT molecular complexity index is 928. The molecule has 174 valence electrons. The van der Waals surface area contributed by atoms with Gasteiger partial charge in [-0.15, -0.1) is 0 Å². The van der Waals surface area contributed by atoms with Gasteiger partial charge in [0.05, 0.1) is 18.1 Å². The molecule has 0 aliphatic carbocycles. The van der Waals surface area contributed by atoms with E-state index < -0.39 is 11.5 Å². The number of ether oxygens (including phenoxy) is 1. The van der Waals surface area contributed by atoms with Crippen molar-refractivity contribution in [2.45, 2.75) is 57.6 Å². The summed E-state index contributed by atoms with van der Waals surface area (Å²) in [5.41, 5.74) is 0.354. The number of hydrogen-bond donors (Lipinski definition) is 0. The molecule has 0 N–H and O–H groups in total. The Morgan fingerprint density at radius 3 is 2.66 bits per heavy atom. The van der Waals surface area contributed by atoms with E-state index in [-0.39, 0.29) is 35.0 Å². The molecule has 3 atom stereocenters. The molecule has 3 unspecified atom stereocenters. The normalized spacial score (nSPS) is 28.8. The Hall–Kier alpha value is -1.92. The van der Waals surface area contributed by atoms with Gasteiger partial charge in [0, 0.05) is 42.0 Å². The second-order valence-electron chi connectivity index (χ2n) is 10.4. The molecule has 32 heavy (non-hydrogen) atoms. The maximum atomic E-state index is 14.1. The van der Waals surface area contributed by atoms with Crippen LogP contribution in [0.15, 0.2) is 30.9 Å². The number of nitrogens with zero attached hydrogens (tertiary/aromatic N) is 2. The number of halogens is 2. The van der Waals surface area contributed by atoms with Crippen LogP contribution in [0.5, 0.6) is 0 Å². The Kier molecular flexibility index (Phi) is 6.14. The summed E-state index contributed by atoms with van der Waals surface area (Å²) in [6.07, 6.45) is 3.69. The number of carbonyl (C=O) groups excluding carboxylic acids is 2. The third-order valence-electron chi connectivity index (χ3n) is 7.49. The van der Waals surface area contributed by atoms with Gasteiger partial charge in [-0.25, -0.2) is 4.39 Å². The van der Waals surface area contributed by atoms with Gasteiger partial charge in [-0.05, 0) is 69.9 Å². The lowest BCUT2D eigenvalue weighted by molar-refractivity contribution is -0.160. The van der Waals surface area contributed by atoms with E-state index in [4.69, 9.17) is 16.3 Å². The predicted molar refractivity (Wildman–Crippen MR) is 122 cm³/mol. The molecule has 3 aliphatic heterocycles. The van der Waals surface area contributed by atoms with E-state index in [1.807, 2.05) is 23.6 Å². The van der Waals surface area contributed by atoms with Crippen LogP contribution in [0.4, 0.5) is 4.39 Å². The third-order valence-corrected chi connectivity index (χ3v) is 7.84. The molecule has 0 saturated carbocycles. The minimum atomic E-state index is -0.415. The van der Waals surface area contributed by atoms with E-state index in [1.54, 1.807) is 6.07 Å². The number of hydrogen-bond acceptors (Lipinski definition) is 3. The van der Waals surface area contributed by atoms with Gasteiger partial charge < -0.3 is 14.5 Å². The van der Waals surface area contributed by atoms with Crippen molar-refractivity contribution in [1.29, 1.82) is 0 Å². The number of likely N-dealkylation sites (tertiary alicyclic amines) is 2. The van der Waals surface area contributed by atoms with E-state index in [0.717, 1.165) is 25.9 Å². The molecule has 1 aromatic rings. The second-order valence-corrected chi connectivity index (χ2v) is 10.8. The van der Waals surface area contributed by atoms with Crippen molar-refractivity contribution in [3.8, 4) is 0 Å². The van der Waals surface area contributed by atoms with Gasteiger partial charge in [0.15, 0.2) is 0 Å². The Labute approximate surface area is 194 Å². The fraction of sp³-hybridized carbons (Fsp3) is 0.600. The first-order valence-corrected chi connectivity index (χ1v) is 11.7. The van der Waals surface area contributed by atoms with Gasteiger partial charge >= 0.3 is 0 Å². The molecule has 1 aromatic carbocycles. The molecule has 3 saturated heterocycles. The first-order chi connectivity index (χ1) is 15.0. The van der Waals surface area contributed by atoms with Crippen LogP contribution in [0, 0.1) is 17.2 Å². The van der Waals surface area contributed by atoms with E-state index in [1.165, 1.54) is 18.2 Å². The number of carbonyl (C=O) groups is 2. The van der Waals surface area contributed by atoms with E-state index in [9.17, 15) is 14.0 Å². The molecule has 3 aliphatic rings. The van der Waals surface area contributed by atoms with Crippen molar-refractivity contribution in [3.05, 3.63) is 47.3 Å². The molecular weight excluding hydrogens is 431 g/mol. The van der Waals surface area contributed by atoms with Crippen LogP contribution in [0.25, 0.3) is 0 Å². The van der Waals surface area contributed by atoms with Crippen molar-refractivity contribution in [3.63, 3.8) is 0 Å². The van der Waals surface area contributed by atoms with E-state index in [0.29, 0.717) is 30.2 Å². The number of amides is 2. The van der Waals surface area contributed by atoms with Gasteiger partial charge in [-0.1, -0.05) is 18.2 Å². The quantitative estimate of drug-likeness (QED) is 0.625. The number of benzene rings is 1. The minimum absolute atomic E-state index is 0.0291. The summed E-state index contributed by atoms with van der Waals surface area (Å²) in [6.45, 7) is 12.0. The summed E-state index contributed by atoms with van der Waals surface area (Å²) in [4.78, 5) is 29.3. The molecule has 0 bridgehead atoms. The Balaban J connectivity index is 1.51. The molecule has 0 radical (unpaired) electrons. The van der Waals surface area contributed by atoms with Crippen molar-refractivity contribution >= 4 is 23.4 Å². The molecule has 1 spiro atoms. The lowest BCUT2D eigenvalue weighted by Crippen LogP contribution is -2.64. The highest BCUT2D eigenvalue weighted by Crippen LogP contribution is 2.46. The smallest absolute Gasteiger partial charge is 0.245 e. The molecule has 5 nitrogen and oxygen atoms in total. The first kappa shape index (κ1) is 23.2. The van der Waals surface area contributed by atoms with Crippen molar-refractivity contribution < 1.29 is 18.7 Å². The molecule has 4 rings (SSSR count). The summed E-state index contributed by atoms with van der Waals surface area (Å²) in [5, 5.41) is 0.485. The molecule has 2 amide bonds. The number of rotatable bonds is 3. The zero-order chi connectivity index (χ0) is 23.3. The van der Waals surface area contributed by atoms with Crippen LogP contribution in [0.3, 0.4) is 0 Å². The average Bonchev–Trinajstić information content (AvgIpc) is 2.72. The molecule has 7 heteroatoms. The van der Waals surface area contributed by atoms with E-state index >= 15 is 0 Å². The van der Waals surface area contributed by atoms with Crippen LogP contribution in [0.1, 0.15) is 51.5 Å². The maximum Gasteiger partial charge on any atom is 0.245 e. The highest BCUT2D eigenvalue weighted by atomic mass is 35.5. The van der Waals surface area contributed by atoms with E-state index in [2.05, 4.69) is 13.5 Å². The summed E-state index contributed by atoms with van der Waals surface area (Å²) in [6, 6.07) is 4.44. The highest BCUT2D eigenvalue weighted by Gasteiger charge is 2.50. The van der Waals surface area contributed by atoms with Crippen molar-refractivity contribution in [1.82, 2.24) is 9.80 Å². The SMILES string of the molecule is C=CC(=O)N1CC2(CCN(C(=O)C3COC(C)(C)CC3c3cc(F)ccc3Cl)C(C)C2)C1. The second kappa shape index (κ2) is 8.45. The van der Waals surface area contributed by atoms with Crippen molar-refractivity contribution in [2.75, 3.05) is 26.2 Å². The maximum absolute atomic E-state index is 14.1. The monoisotopic (exact) mass is 462 g/mol. The largest absolute Gasteiger partial charge is 0.375 e. The molecule has 0 aromatic heterocycles. The molecule has 3 heterocycles. The molecule has 3 fully saturated rings. The predicted octanol–water partition coefficient (Wildman–Crippen LogP) is 4.40. The van der Waals surface area contributed by atoms with Crippen LogP contribution in [-0.2, 0) is 14.3 Å². The standard InChI is InChI=1S/C25H32ClFN2O3/c1-5-22(30)28-14-25(15-28)8-9-29(16(2)11-25)23(31)20-13-32-24(3,4)12-19(20)18-10-17(27)6-7-21(18)26/h5-7,10,16,19-20H,1,8-9,11-15H2,2-4H3. The fourth-order valence-corrected chi connectivity index (χ4v) is 6.08. The van der Waals surface area contributed by atoms with Crippen LogP contribution in [-0.4, -0.2) is 59.5 Å². The minimum Gasteiger partial charge on any atom is -0.375 e. The van der Waals surface area contributed by atoms with Gasteiger partial charge in [0.2, 0.25) is 11.8 Å². The average molecular weight is 463 g/mol. The highest BCUT2D eigenvalue weighted by molar-refractivity contribution is 6.31. The van der Waals surface area contributed by atoms with Gasteiger partial charge in [-0.2, -0.15) is 0 Å².